The Bertz CT molecular complexity index is 1360. The van der Waals surface area contributed by atoms with E-state index in [0.29, 0.717) is 42.4 Å². The first-order valence-corrected chi connectivity index (χ1v) is 14.6. The predicted octanol–water partition coefficient (Wildman–Crippen LogP) is 4.06. The second-order valence-electron chi connectivity index (χ2n) is 11.4. The minimum atomic E-state index is -1.45. The van der Waals surface area contributed by atoms with Crippen LogP contribution in [-0.2, 0) is 4.79 Å². The number of likely N-dealkylation sites (tertiary alicyclic amines) is 1. The molecule has 1 aliphatic heterocycles. The fourth-order valence-electron chi connectivity index (χ4n) is 5.72. The molecule has 1 aromatic carbocycles. The second kappa shape index (κ2) is 12.5. The fourth-order valence-corrected chi connectivity index (χ4v) is 5.72. The minimum Gasteiger partial charge on any atom is -0.476 e. The Hall–Kier alpha value is -3.57. The van der Waals surface area contributed by atoms with Crippen LogP contribution >= 0.6 is 0 Å². The van der Waals surface area contributed by atoms with E-state index in [1.165, 1.54) is 43.5 Å². The van der Waals surface area contributed by atoms with Crippen molar-refractivity contribution in [2.75, 3.05) is 31.6 Å². The summed E-state index contributed by atoms with van der Waals surface area (Å²) in [7, 11) is 0. The van der Waals surface area contributed by atoms with E-state index in [2.05, 4.69) is 25.5 Å². The van der Waals surface area contributed by atoms with Crippen LogP contribution in [0.3, 0.4) is 0 Å². The summed E-state index contributed by atoms with van der Waals surface area (Å²) < 4.78 is 21.4. The van der Waals surface area contributed by atoms with Crippen LogP contribution in [-0.4, -0.2) is 74.2 Å². The molecule has 2 fully saturated rings. The number of rotatable bonds is 9. The Kier molecular flexibility index (Phi) is 8.84. The van der Waals surface area contributed by atoms with Crippen molar-refractivity contribution in [3.05, 3.63) is 47.9 Å². The molecule has 3 heterocycles. The molecule has 1 aliphatic carbocycles. The average molecular weight is 567 g/mol. The first-order valence-electron chi connectivity index (χ1n) is 14.6. The lowest BCUT2D eigenvalue weighted by molar-refractivity contribution is -0.144. The Balaban J connectivity index is 1.39. The third-order valence-corrected chi connectivity index (χ3v) is 7.98. The third kappa shape index (κ3) is 6.84. The van der Waals surface area contributed by atoms with E-state index in [1.807, 2.05) is 24.5 Å². The summed E-state index contributed by atoms with van der Waals surface area (Å²) in [6.45, 7) is 7.24. The molecule has 1 saturated heterocycles. The van der Waals surface area contributed by atoms with Gasteiger partial charge in [0, 0.05) is 30.3 Å². The number of aliphatic hydroxyl groups is 1. The fraction of sp³-hybridized carbons (Fsp3) is 0.533. The zero-order valence-electron chi connectivity index (χ0n) is 23.7. The summed E-state index contributed by atoms with van der Waals surface area (Å²) in [6.07, 6.45) is 6.88. The molecule has 1 saturated carbocycles. The SMILES string of the molecule is CC(C)NC(=O)C1(O)CCC(n2c(NC(=O)c3ccc(F)cc3)nc3cnc(OCCN4CCCCC4)cc32)CC1. The molecular formula is C30H39FN6O4. The van der Waals surface area contributed by atoms with Crippen LogP contribution in [0.5, 0.6) is 5.88 Å². The number of halogens is 1. The van der Waals surface area contributed by atoms with Gasteiger partial charge in [0.1, 0.15) is 23.5 Å². The van der Waals surface area contributed by atoms with E-state index in [9.17, 15) is 19.1 Å². The molecule has 3 aromatic rings. The van der Waals surface area contributed by atoms with Gasteiger partial charge >= 0.3 is 0 Å². The number of amides is 2. The summed E-state index contributed by atoms with van der Waals surface area (Å²) in [5.41, 5.74) is 0.178. The molecule has 41 heavy (non-hydrogen) atoms. The number of aromatic nitrogens is 3. The van der Waals surface area contributed by atoms with Gasteiger partial charge in [0.2, 0.25) is 11.8 Å². The molecule has 0 bridgehead atoms. The average Bonchev–Trinajstić information content (AvgIpc) is 3.31. The van der Waals surface area contributed by atoms with E-state index in [4.69, 9.17) is 4.74 Å². The molecular weight excluding hydrogens is 527 g/mol. The lowest BCUT2D eigenvalue weighted by Gasteiger charge is -2.36. The summed E-state index contributed by atoms with van der Waals surface area (Å²) in [6, 6.07) is 6.93. The van der Waals surface area contributed by atoms with Crippen LogP contribution in [0.1, 0.15) is 75.2 Å². The monoisotopic (exact) mass is 566 g/mol. The number of pyridine rings is 1. The number of carbonyl (C=O) groups excluding carboxylic acids is 2. The molecule has 0 spiro atoms. The summed E-state index contributed by atoms with van der Waals surface area (Å²) in [4.78, 5) is 37.3. The van der Waals surface area contributed by atoms with Gasteiger partial charge in [-0.15, -0.1) is 0 Å². The summed E-state index contributed by atoms with van der Waals surface area (Å²) in [5.74, 6) is -0.417. The Morgan fingerprint density at radius 2 is 1.85 bits per heavy atom. The van der Waals surface area contributed by atoms with Gasteiger partial charge in [0.25, 0.3) is 11.8 Å². The van der Waals surface area contributed by atoms with Crippen LogP contribution in [0, 0.1) is 5.82 Å². The zero-order valence-corrected chi connectivity index (χ0v) is 23.7. The highest BCUT2D eigenvalue weighted by Gasteiger charge is 2.41. The number of benzene rings is 1. The number of nitrogens with one attached hydrogen (secondary N) is 2. The van der Waals surface area contributed by atoms with Gasteiger partial charge in [0.15, 0.2) is 0 Å². The molecule has 2 aromatic heterocycles. The van der Waals surface area contributed by atoms with E-state index in [-0.39, 0.29) is 30.8 Å². The van der Waals surface area contributed by atoms with Crippen LogP contribution in [0.2, 0.25) is 0 Å². The maximum atomic E-state index is 13.4. The highest BCUT2D eigenvalue weighted by Crippen LogP contribution is 2.39. The highest BCUT2D eigenvalue weighted by atomic mass is 19.1. The van der Waals surface area contributed by atoms with E-state index < -0.39 is 17.3 Å². The molecule has 0 atom stereocenters. The first-order chi connectivity index (χ1) is 19.7. The van der Waals surface area contributed by atoms with Gasteiger partial charge in [-0.3, -0.25) is 19.8 Å². The molecule has 11 heteroatoms. The van der Waals surface area contributed by atoms with Gasteiger partial charge in [-0.05, 0) is 89.7 Å². The molecule has 10 nitrogen and oxygen atoms in total. The Morgan fingerprint density at radius 1 is 1.15 bits per heavy atom. The van der Waals surface area contributed by atoms with Crippen molar-refractivity contribution < 1.29 is 23.8 Å². The predicted molar refractivity (Wildman–Crippen MR) is 153 cm³/mol. The normalized spacial score (nSPS) is 21.6. The minimum absolute atomic E-state index is 0.0732. The maximum Gasteiger partial charge on any atom is 0.257 e. The topological polar surface area (TPSA) is 122 Å². The van der Waals surface area contributed by atoms with Crippen LogP contribution in [0.25, 0.3) is 11.0 Å². The molecule has 3 N–H and O–H groups in total. The van der Waals surface area contributed by atoms with Gasteiger partial charge in [-0.25, -0.2) is 14.4 Å². The quantitative estimate of drug-likeness (QED) is 0.357. The number of hydrogen-bond acceptors (Lipinski definition) is 7. The molecule has 2 amide bonds. The third-order valence-electron chi connectivity index (χ3n) is 7.98. The van der Waals surface area contributed by atoms with Crippen molar-refractivity contribution in [2.24, 2.45) is 0 Å². The number of imidazole rings is 1. The zero-order chi connectivity index (χ0) is 29.0. The summed E-state index contributed by atoms with van der Waals surface area (Å²) >= 11 is 0. The number of hydrogen-bond donors (Lipinski definition) is 3. The van der Waals surface area contributed by atoms with E-state index >= 15 is 0 Å². The second-order valence-corrected chi connectivity index (χ2v) is 11.4. The van der Waals surface area contributed by atoms with Gasteiger partial charge in [-0.2, -0.15) is 0 Å². The van der Waals surface area contributed by atoms with E-state index in [1.54, 1.807) is 6.20 Å². The van der Waals surface area contributed by atoms with Crippen molar-refractivity contribution in [3.63, 3.8) is 0 Å². The molecule has 220 valence electrons. The number of ether oxygens (including phenoxy) is 1. The largest absolute Gasteiger partial charge is 0.476 e. The van der Waals surface area contributed by atoms with Crippen LogP contribution in [0.4, 0.5) is 10.3 Å². The van der Waals surface area contributed by atoms with Crippen molar-refractivity contribution in [1.29, 1.82) is 0 Å². The van der Waals surface area contributed by atoms with Gasteiger partial charge < -0.3 is 19.7 Å². The number of carbonyl (C=O) groups is 2. The number of piperidine rings is 1. The Morgan fingerprint density at radius 3 is 2.54 bits per heavy atom. The van der Waals surface area contributed by atoms with Gasteiger partial charge in [-0.1, -0.05) is 6.42 Å². The molecule has 2 aliphatic rings. The molecule has 5 rings (SSSR count). The number of anilines is 1. The van der Waals surface area contributed by atoms with Crippen molar-refractivity contribution >= 4 is 28.8 Å². The highest BCUT2D eigenvalue weighted by molar-refractivity contribution is 6.04. The van der Waals surface area contributed by atoms with Crippen LogP contribution in [0.15, 0.2) is 36.5 Å². The van der Waals surface area contributed by atoms with E-state index in [0.717, 1.165) is 25.2 Å². The maximum absolute atomic E-state index is 13.4. The first kappa shape index (κ1) is 28.9. The lowest BCUT2D eigenvalue weighted by Crippen LogP contribution is -2.51. The molecule has 0 unspecified atom stereocenters. The van der Waals surface area contributed by atoms with Crippen molar-refractivity contribution in [1.82, 2.24) is 24.8 Å². The summed E-state index contributed by atoms with van der Waals surface area (Å²) in [5, 5.41) is 16.8. The Labute approximate surface area is 239 Å². The van der Waals surface area contributed by atoms with Crippen LogP contribution < -0.4 is 15.4 Å². The molecule has 0 radical (unpaired) electrons. The standard InChI is InChI=1S/C30H39FN6O4/c1-20(2)33-28(39)30(40)12-10-23(11-13-30)37-25-18-26(41-17-16-36-14-4-3-5-15-36)32-19-24(25)34-29(37)35-27(38)21-6-8-22(31)9-7-21/h6-9,18-20,23,40H,3-5,10-17H2,1-2H3,(H,33,39)(H,34,35,38). The smallest absolute Gasteiger partial charge is 0.257 e. The number of fused-ring (bicyclic) bond motifs is 1. The van der Waals surface area contributed by atoms with Gasteiger partial charge in [0.05, 0.1) is 11.7 Å². The van der Waals surface area contributed by atoms with Crippen molar-refractivity contribution in [2.45, 2.75) is 76.5 Å². The lowest BCUT2D eigenvalue weighted by atomic mass is 9.81. The van der Waals surface area contributed by atoms with Crippen molar-refractivity contribution in [3.8, 4) is 5.88 Å². The number of nitrogens with zero attached hydrogens (tertiary/aromatic N) is 4.